The number of aromatic nitrogens is 3. The molecule has 0 bridgehead atoms. The SMILES string of the molecule is CCCNC(=O)CSc1nnc(-c2ccc(C)cc2)n1-c1ccc(C)cc1. The monoisotopic (exact) mass is 380 g/mol. The van der Waals surface area contributed by atoms with Crippen LogP contribution in [0.2, 0.25) is 0 Å². The van der Waals surface area contributed by atoms with E-state index < -0.39 is 0 Å². The quantitative estimate of drug-likeness (QED) is 0.625. The van der Waals surface area contributed by atoms with Gasteiger partial charge in [0.05, 0.1) is 5.75 Å². The molecule has 1 amide bonds. The zero-order valence-electron chi connectivity index (χ0n) is 15.9. The summed E-state index contributed by atoms with van der Waals surface area (Å²) in [6.45, 7) is 6.85. The molecular formula is C21H24N4OS. The minimum absolute atomic E-state index is 0.0113. The standard InChI is InChI=1S/C21H24N4OS/c1-4-13-22-19(26)14-27-21-24-23-20(17-9-5-15(2)6-10-17)25(21)18-11-7-16(3)8-12-18/h5-12H,4,13-14H2,1-3H3,(H,22,26). The summed E-state index contributed by atoms with van der Waals surface area (Å²) < 4.78 is 2.02. The maximum absolute atomic E-state index is 12.0. The van der Waals surface area contributed by atoms with E-state index in [1.165, 1.54) is 22.9 Å². The van der Waals surface area contributed by atoms with Gasteiger partial charge in [-0.3, -0.25) is 9.36 Å². The van der Waals surface area contributed by atoms with E-state index in [1.54, 1.807) is 0 Å². The number of benzene rings is 2. The molecule has 0 unspecified atom stereocenters. The maximum atomic E-state index is 12.0. The molecule has 1 aromatic heterocycles. The number of aryl methyl sites for hydroxylation is 2. The molecule has 2 aromatic carbocycles. The second kappa shape index (κ2) is 8.86. The molecule has 3 rings (SSSR count). The van der Waals surface area contributed by atoms with Gasteiger partial charge in [-0.05, 0) is 32.4 Å². The summed E-state index contributed by atoms with van der Waals surface area (Å²) in [6.07, 6.45) is 0.924. The summed E-state index contributed by atoms with van der Waals surface area (Å²) in [7, 11) is 0. The molecule has 0 fully saturated rings. The predicted molar refractivity (Wildman–Crippen MR) is 110 cm³/mol. The Morgan fingerprint density at radius 2 is 1.63 bits per heavy atom. The molecule has 6 heteroatoms. The Morgan fingerprint density at radius 1 is 1.00 bits per heavy atom. The van der Waals surface area contributed by atoms with Crippen molar-refractivity contribution in [1.82, 2.24) is 20.1 Å². The van der Waals surface area contributed by atoms with E-state index >= 15 is 0 Å². The van der Waals surface area contributed by atoms with Gasteiger partial charge < -0.3 is 5.32 Å². The van der Waals surface area contributed by atoms with Crippen LogP contribution in [0.1, 0.15) is 24.5 Å². The summed E-state index contributed by atoms with van der Waals surface area (Å²) in [5.74, 6) is 1.10. The largest absolute Gasteiger partial charge is 0.355 e. The van der Waals surface area contributed by atoms with Crippen LogP contribution in [0.3, 0.4) is 0 Å². The third-order valence-corrected chi connectivity index (χ3v) is 5.07. The van der Waals surface area contributed by atoms with Crippen molar-refractivity contribution in [3.8, 4) is 17.1 Å². The van der Waals surface area contributed by atoms with Crippen molar-refractivity contribution in [1.29, 1.82) is 0 Å². The molecular weight excluding hydrogens is 356 g/mol. The summed E-state index contributed by atoms with van der Waals surface area (Å²) in [4.78, 5) is 12.0. The van der Waals surface area contributed by atoms with Crippen LogP contribution in [0.4, 0.5) is 0 Å². The van der Waals surface area contributed by atoms with E-state index in [0.29, 0.717) is 17.5 Å². The van der Waals surface area contributed by atoms with Gasteiger partial charge in [0, 0.05) is 17.8 Å². The van der Waals surface area contributed by atoms with Crippen LogP contribution >= 0.6 is 11.8 Å². The summed E-state index contributed by atoms with van der Waals surface area (Å²) >= 11 is 1.40. The van der Waals surface area contributed by atoms with Crippen molar-refractivity contribution in [2.75, 3.05) is 12.3 Å². The molecule has 0 atom stereocenters. The highest BCUT2D eigenvalue weighted by Gasteiger charge is 2.17. The van der Waals surface area contributed by atoms with Crippen LogP contribution in [-0.2, 0) is 4.79 Å². The lowest BCUT2D eigenvalue weighted by Gasteiger charge is -2.11. The second-order valence-corrected chi connectivity index (χ2v) is 7.42. The average Bonchev–Trinajstić information content (AvgIpc) is 3.10. The average molecular weight is 381 g/mol. The van der Waals surface area contributed by atoms with Gasteiger partial charge in [0.25, 0.3) is 0 Å². The lowest BCUT2D eigenvalue weighted by Crippen LogP contribution is -2.25. The van der Waals surface area contributed by atoms with Gasteiger partial charge in [0.1, 0.15) is 0 Å². The van der Waals surface area contributed by atoms with E-state index in [-0.39, 0.29) is 5.91 Å². The predicted octanol–water partition coefficient (Wildman–Crippen LogP) is 4.17. The van der Waals surface area contributed by atoms with Crippen LogP contribution < -0.4 is 5.32 Å². The third-order valence-electron chi connectivity index (χ3n) is 4.14. The van der Waals surface area contributed by atoms with E-state index in [2.05, 4.69) is 65.8 Å². The van der Waals surface area contributed by atoms with E-state index in [0.717, 1.165) is 23.5 Å². The van der Waals surface area contributed by atoms with Gasteiger partial charge in [0.15, 0.2) is 11.0 Å². The molecule has 5 nitrogen and oxygen atoms in total. The number of carbonyl (C=O) groups is 1. The number of carbonyl (C=O) groups excluding carboxylic acids is 1. The number of thioether (sulfide) groups is 1. The molecule has 1 N–H and O–H groups in total. The highest BCUT2D eigenvalue weighted by molar-refractivity contribution is 7.99. The first-order valence-corrected chi connectivity index (χ1v) is 10.1. The van der Waals surface area contributed by atoms with E-state index in [4.69, 9.17) is 0 Å². The Morgan fingerprint density at radius 3 is 2.26 bits per heavy atom. The highest BCUT2D eigenvalue weighted by Crippen LogP contribution is 2.28. The number of amides is 1. The maximum Gasteiger partial charge on any atom is 0.230 e. The third kappa shape index (κ3) is 4.77. The van der Waals surface area contributed by atoms with Gasteiger partial charge >= 0.3 is 0 Å². The fourth-order valence-corrected chi connectivity index (χ4v) is 3.41. The fourth-order valence-electron chi connectivity index (χ4n) is 2.63. The minimum Gasteiger partial charge on any atom is -0.355 e. The number of hydrogen-bond donors (Lipinski definition) is 1. The van der Waals surface area contributed by atoms with Crippen molar-refractivity contribution >= 4 is 17.7 Å². The Balaban J connectivity index is 1.94. The first-order valence-electron chi connectivity index (χ1n) is 9.07. The van der Waals surface area contributed by atoms with Crippen molar-refractivity contribution in [3.63, 3.8) is 0 Å². The van der Waals surface area contributed by atoms with Gasteiger partial charge in [-0.25, -0.2) is 0 Å². The Kier molecular flexibility index (Phi) is 6.29. The molecule has 0 saturated heterocycles. The van der Waals surface area contributed by atoms with Crippen LogP contribution in [0, 0.1) is 13.8 Å². The molecule has 27 heavy (non-hydrogen) atoms. The van der Waals surface area contributed by atoms with Crippen LogP contribution in [0.5, 0.6) is 0 Å². The minimum atomic E-state index is 0.0113. The molecule has 0 aliphatic heterocycles. The number of hydrogen-bond acceptors (Lipinski definition) is 4. The lowest BCUT2D eigenvalue weighted by molar-refractivity contribution is -0.118. The topological polar surface area (TPSA) is 59.8 Å². The van der Waals surface area contributed by atoms with Crippen molar-refractivity contribution in [3.05, 3.63) is 59.7 Å². The van der Waals surface area contributed by atoms with Crippen LogP contribution in [0.25, 0.3) is 17.1 Å². The summed E-state index contributed by atoms with van der Waals surface area (Å²) in [5.41, 5.74) is 4.37. The van der Waals surface area contributed by atoms with Gasteiger partial charge in [-0.15, -0.1) is 10.2 Å². The van der Waals surface area contributed by atoms with Crippen molar-refractivity contribution in [2.45, 2.75) is 32.3 Å². The molecule has 1 heterocycles. The number of rotatable bonds is 7. The number of nitrogens with zero attached hydrogens (tertiary/aromatic N) is 3. The van der Waals surface area contributed by atoms with Gasteiger partial charge in [-0.1, -0.05) is 66.2 Å². The Bertz CT molecular complexity index is 901. The lowest BCUT2D eigenvalue weighted by atomic mass is 10.1. The smallest absolute Gasteiger partial charge is 0.230 e. The highest BCUT2D eigenvalue weighted by atomic mass is 32.2. The normalized spacial score (nSPS) is 10.8. The molecule has 3 aromatic rings. The molecule has 0 spiro atoms. The van der Waals surface area contributed by atoms with E-state index in [9.17, 15) is 4.79 Å². The Labute approximate surface area is 164 Å². The number of nitrogens with one attached hydrogen (secondary N) is 1. The van der Waals surface area contributed by atoms with Crippen molar-refractivity contribution in [2.24, 2.45) is 0 Å². The second-order valence-electron chi connectivity index (χ2n) is 6.48. The Hall–Kier alpha value is -2.60. The molecule has 140 valence electrons. The zero-order valence-corrected chi connectivity index (χ0v) is 16.7. The van der Waals surface area contributed by atoms with Crippen molar-refractivity contribution < 1.29 is 4.79 Å². The van der Waals surface area contributed by atoms with Crippen LogP contribution in [0.15, 0.2) is 53.7 Å². The molecule has 0 saturated carbocycles. The fraction of sp³-hybridized carbons (Fsp3) is 0.286. The van der Waals surface area contributed by atoms with Gasteiger partial charge in [0.2, 0.25) is 5.91 Å². The first-order chi connectivity index (χ1) is 13.1. The summed E-state index contributed by atoms with van der Waals surface area (Å²) in [5, 5.41) is 12.4. The molecule has 0 aliphatic rings. The molecule has 0 radical (unpaired) electrons. The molecule has 0 aliphatic carbocycles. The van der Waals surface area contributed by atoms with Crippen LogP contribution in [-0.4, -0.2) is 33.0 Å². The first kappa shape index (κ1) is 19.2. The summed E-state index contributed by atoms with van der Waals surface area (Å²) in [6, 6.07) is 16.5. The van der Waals surface area contributed by atoms with E-state index in [1.807, 2.05) is 23.6 Å². The van der Waals surface area contributed by atoms with Gasteiger partial charge in [-0.2, -0.15) is 0 Å². The zero-order chi connectivity index (χ0) is 19.2.